The Balaban J connectivity index is 1.38. The molecule has 4 rings (SSSR count). The number of alkyl halides is 2. The van der Waals surface area contributed by atoms with Gasteiger partial charge in [-0.15, -0.1) is 0 Å². The number of aromatic nitrogens is 4. The molecule has 0 unspecified atom stereocenters. The molecule has 0 aliphatic heterocycles. The fraction of sp³-hybridized carbons (Fsp3) is 0.571. The van der Waals surface area contributed by atoms with Gasteiger partial charge in [0.2, 0.25) is 11.8 Å². The van der Waals surface area contributed by atoms with E-state index in [1.165, 1.54) is 18.7 Å². The molecule has 2 saturated carbocycles. The molecule has 0 radical (unpaired) electrons. The van der Waals surface area contributed by atoms with Gasteiger partial charge < -0.3 is 20.5 Å². The fourth-order valence-electron chi connectivity index (χ4n) is 4.76. The highest BCUT2D eigenvalue weighted by Gasteiger charge is 2.57. The molecule has 0 bridgehead atoms. The van der Waals surface area contributed by atoms with Gasteiger partial charge in [0, 0.05) is 25.7 Å². The van der Waals surface area contributed by atoms with Crippen LogP contribution in [0, 0.1) is 16.7 Å². The van der Waals surface area contributed by atoms with Crippen LogP contribution in [0.4, 0.5) is 20.5 Å². The van der Waals surface area contributed by atoms with Gasteiger partial charge in [-0.05, 0) is 38.0 Å². The molecule has 2 aromatic heterocycles. The van der Waals surface area contributed by atoms with Gasteiger partial charge in [0.25, 0.3) is 5.92 Å². The number of halogens is 2. The summed E-state index contributed by atoms with van der Waals surface area (Å²) in [6.07, 6.45) is 7.56. The van der Waals surface area contributed by atoms with Gasteiger partial charge in [-0.3, -0.25) is 0 Å². The molecule has 0 atom stereocenters. The van der Waals surface area contributed by atoms with E-state index in [4.69, 9.17) is 4.74 Å². The fourth-order valence-corrected chi connectivity index (χ4v) is 4.76. The molecule has 0 aromatic carbocycles. The van der Waals surface area contributed by atoms with Crippen LogP contribution in [0.2, 0.25) is 0 Å². The Morgan fingerprint density at radius 1 is 1.31 bits per heavy atom. The van der Waals surface area contributed by atoms with Gasteiger partial charge in [0.15, 0.2) is 6.61 Å². The lowest BCUT2D eigenvalue weighted by Gasteiger charge is -2.60. The molecule has 2 fully saturated rings. The van der Waals surface area contributed by atoms with Crippen LogP contribution in [0.3, 0.4) is 0 Å². The average molecular weight is 445 g/mol. The van der Waals surface area contributed by atoms with Crippen molar-refractivity contribution in [1.29, 1.82) is 5.26 Å². The van der Waals surface area contributed by atoms with Crippen LogP contribution >= 0.6 is 0 Å². The highest BCUT2D eigenvalue weighted by atomic mass is 19.3. The number of nitrogens with one attached hydrogen (secondary N) is 2. The van der Waals surface area contributed by atoms with E-state index in [1.807, 2.05) is 6.92 Å². The lowest BCUT2D eigenvalue weighted by Crippen LogP contribution is -2.59. The average Bonchev–Trinajstić information content (AvgIpc) is 2.68. The molecule has 2 heterocycles. The van der Waals surface area contributed by atoms with E-state index in [1.54, 1.807) is 0 Å². The van der Waals surface area contributed by atoms with E-state index in [9.17, 15) is 19.1 Å². The molecular weight excluding hydrogens is 420 g/mol. The molecule has 32 heavy (non-hydrogen) atoms. The lowest BCUT2D eigenvalue weighted by molar-refractivity contribution is -0.154. The van der Waals surface area contributed by atoms with Crippen molar-refractivity contribution in [3.8, 4) is 11.9 Å². The van der Waals surface area contributed by atoms with E-state index in [0.29, 0.717) is 16.9 Å². The molecular formula is C21H25F2N7O2. The van der Waals surface area contributed by atoms with Gasteiger partial charge in [-0.1, -0.05) is 0 Å². The van der Waals surface area contributed by atoms with Crippen LogP contribution in [-0.2, 0) is 6.54 Å². The standard InChI is InChI=1S/C21H25F2N7O2/c1-19(31)9-21(10-19)3-15(4-21)29-16-13(5-24)7-26-18(30-16)27-8-14-6-25-12-28-17(14)32-11-20(2,22)23/h6-7,12,15,31H,3-4,8-11H2,1-2H3,(H2,26,27,29,30)/t15-,19-,21?. The minimum atomic E-state index is -2.98. The van der Waals surface area contributed by atoms with Gasteiger partial charge in [0.1, 0.15) is 23.8 Å². The quantitative estimate of drug-likeness (QED) is 0.562. The number of rotatable bonds is 8. The summed E-state index contributed by atoms with van der Waals surface area (Å²) in [5.41, 5.74) is 0.429. The molecule has 0 saturated heterocycles. The Hall–Kier alpha value is -3.13. The van der Waals surface area contributed by atoms with Crippen LogP contribution in [0.1, 0.15) is 50.7 Å². The summed E-state index contributed by atoms with van der Waals surface area (Å²) in [5.74, 6) is -2.23. The second kappa shape index (κ2) is 8.09. The number of hydrogen-bond donors (Lipinski definition) is 3. The minimum absolute atomic E-state index is 0.0529. The first kappa shape index (κ1) is 22.1. The first-order valence-electron chi connectivity index (χ1n) is 10.4. The largest absolute Gasteiger partial charge is 0.471 e. The van der Waals surface area contributed by atoms with Gasteiger partial charge >= 0.3 is 0 Å². The zero-order chi connectivity index (χ0) is 23.0. The molecule has 2 aromatic rings. The smallest absolute Gasteiger partial charge is 0.278 e. The third kappa shape index (κ3) is 5.02. The van der Waals surface area contributed by atoms with E-state index in [0.717, 1.165) is 32.6 Å². The minimum Gasteiger partial charge on any atom is -0.471 e. The highest BCUT2D eigenvalue weighted by Crippen LogP contribution is 2.60. The number of nitriles is 1. The van der Waals surface area contributed by atoms with Crippen molar-refractivity contribution in [3.05, 3.63) is 29.8 Å². The van der Waals surface area contributed by atoms with Crippen LogP contribution in [0.25, 0.3) is 0 Å². The zero-order valence-corrected chi connectivity index (χ0v) is 17.9. The topological polar surface area (TPSA) is 129 Å². The van der Waals surface area contributed by atoms with Crippen molar-refractivity contribution in [3.63, 3.8) is 0 Å². The van der Waals surface area contributed by atoms with Crippen molar-refractivity contribution < 1.29 is 18.6 Å². The number of hydrogen-bond acceptors (Lipinski definition) is 9. The van der Waals surface area contributed by atoms with Crippen molar-refractivity contribution in [2.75, 3.05) is 17.2 Å². The molecule has 3 N–H and O–H groups in total. The number of nitrogens with zero attached hydrogens (tertiary/aromatic N) is 5. The molecule has 2 aliphatic rings. The van der Waals surface area contributed by atoms with Gasteiger partial charge in [-0.25, -0.2) is 23.7 Å². The second-order valence-corrected chi connectivity index (χ2v) is 9.23. The summed E-state index contributed by atoms with van der Waals surface area (Å²) in [4.78, 5) is 16.4. The second-order valence-electron chi connectivity index (χ2n) is 9.23. The monoisotopic (exact) mass is 445 g/mol. The third-order valence-electron chi connectivity index (χ3n) is 5.77. The first-order valence-corrected chi connectivity index (χ1v) is 10.4. The Morgan fingerprint density at radius 3 is 2.72 bits per heavy atom. The predicted octanol–water partition coefficient (Wildman–Crippen LogP) is 2.89. The maximum absolute atomic E-state index is 13.1. The van der Waals surface area contributed by atoms with Crippen LogP contribution in [-0.4, -0.2) is 49.2 Å². The molecule has 11 heteroatoms. The Kier molecular flexibility index (Phi) is 5.58. The summed E-state index contributed by atoms with van der Waals surface area (Å²) in [7, 11) is 0. The van der Waals surface area contributed by atoms with Crippen molar-refractivity contribution >= 4 is 11.8 Å². The van der Waals surface area contributed by atoms with Crippen LogP contribution in [0.5, 0.6) is 5.88 Å². The van der Waals surface area contributed by atoms with Crippen molar-refractivity contribution in [2.45, 2.75) is 63.6 Å². The van der Waals surface area contributed by atoms with Crippen LogP contribution < -0.4 is 15.4 Å². The molecule has 1 spiro atoms. The highest BCUT2D eigenvalue weighted by molar-refractivity contribution is 5.54. The lowest BCUT2D eigenvalue weighted by atomic mass is 9.48. The van der Waals surface area contributed by atoms with E-state index in [2.05, 4.69) is 36.6 Å². The van der Waals surface area contributed by atoms with Crippen LogP contribution in [0.15, 0.2) is 18.7 Å². The van der Waals surface area contributed by atoms with Gasteiger partial charge in [-0.2, -0.15) is 10.2 Å². The normalized spacial score (nSPS) is 26.6. The maximum Gasteiger partial charge on any atom is 0.278 e. The van der Waals surface area contributed by atoms with E-state index in [-0.39, 0.29) is 29.8 Å². The van der Waals surface area contributed by atoms with E-state index < -0.39 is 18.1 Å². The Bertz CT molecular complexity index is 1020. The summed E-state index contributed by atoms with van der Waals surface area (Å²) < 4.78 is 31.3. The molecule has 170 valence electrons. The molecule has 9 nitrogen and oxygen atoms in total. The number of ether oxygens (including phenoxy) is 1. The number of anilines is 2. The SMILES string of the molecule is CC(F)(F)COc1ncncc1CNc1ncc(C#N)c(N[C@H]2CC3(C2)C[C@](C)(O)C3)n1. The third-order valence-corrected chi connectivity index (χ3v) is 5.77. The summed E-state index contributed by atoms with van der Waals surface area (Å²) >= 11 is 0. The number of aliphatic hydroxyl groups is 1. The van der Waals surface area contributed by atoms with Crippen molar-refractivity contribution in [1.82, 2.24) is 19.9 Å². The van der Waals surface area contributed by atoms with Crippen molar-refractivity contribution in [2.24, 2.45) is 5.41 Å². The van der Waals surface area contributed by atoms with E-state index >= 15 is 0 Å². The predicted molar refractivity (Wildman–Crippen MR) is 111 cm³/mol. The Labute approximate surface area is 184 Å². The first-order chi connectivity index (χ1) is 15.1. The maximum atomic E-state index is 13.1. The Morgan fingerprint density at radius 2 is 2.06 bits per heavy atom. The summed E-state index contributed by atoms with van der Waals surface area (Å²) in [6, 6.07) is 2.27. The molecule has 2 aliphatic carbocycles. The summed E-state index contributed by atoms with van der Waals surface area (Å²) in [6.45, 7) is 1.98. The molecule has 0 amide bonds. The summed E-state index contributed by atoms with van der Waals surface area (Å²) in [5, 5.41) is 25.7. The van der Waals surface area contributed by atoms with Gasteiger partial charge in [0.05, 0.1) is 17.4 Å². The zero-order valence-electron chi connectivity index (χ0n) is 17.9.